The van der Waals surface area contributed by atoms with Crippen molar-refractivity contribution in [3.8, 4) is 11.3 Å². The summed E-state index contributed by atoms with van der Waals surface area (Å²) < 4.78 is 6.21. The number of benzene rings is 1. The number of aromatic amines is 1. The second-order valence-electron chi connectivity index (χ2n) is 7.53. The van der Waals surface area contributed by atoms with Crippen LogP contribution in [0.3, 0.4) is 0 Å². The number of H-pyrrole nitrogens is 1. The van der Waals surface area contributed by atoms with Crippen molar-refractivity contribution < 1.29 is 19.2 Å². The molecule has 2 atom stereocenters. The van der Waals surface area contributed by atoms with Crippen molar-refractivity contribution in [2.45, 2.75) is 44.8 Å². The van der Waals surface area contributed by atoms with Crippen LogP contribution in [-0.2, 0) is 0 Å². The Morgan fingerprint density at radius 2 is 1.97 bits per heavy atom. The van der Waals surface area contributed by atoms with E-state index in [0.717, 1.165) is 29.3 Å². The first-order valence-electron chi connectivity index (χ1n) is 9.88. The van der Waals surface area contributed by atoms with E-state index >= 15 is 0 Å². The fraction of sp³-hybridized carbons (Fsp3) is 0.318. The van der Waals surface area contributed by atoms with Gasteiger partial charge in [0.25, 0.3) is 5.91 Å². The van der Waals surface area contributed by atoms with Crippen LogP contribution in [0.25, 0.3) is 11.3 Å². The topological polar surface area (TPSA) is 108 Å². The van der Waals surface area contributed by atoms with E-state index in [0.29, 0.717) is 29.0 Å². The van der Waals surface area contributed by atoms with Crippen molar-refractivity contribution in [3.63, 3.8) is 0 Å². The first-order chi connectivity index (χ1) is 14.4. The van der Waals surface area contributed by atoms with Crippen molar-refractivity contribution in [3.05, 3.63) is 63.6 Å². The van der Waals surface area contributed by atoms with Gasteiger partial charge >= 0.3 is 0 Å². The fourth-order valence-electron chi connectivity index (χ4n) is 3.77. The number of aromatic nitrogens is 2. The summed E-state index contributed by atoms with van der Waals surface area (Å²) in [5.74, 6) is -0.203. The van der Waals surface area contributed by atoms with Crippen LogP contribution in [0.1, 0.15) is 57.9 Å². The predicted octanol–water partition coefficient (Wildman–Crippen LogP) is 4.00. The van der Waals surface area contributed by atoms with Crippen LogP contribution in [0.2, 0.25) is 0 Å². The zero-order chi connectivity index (χ0) is 21.3. The number of aryl methyl sites for hydroxylation is 1. The molecule has 7 nitrogen and oxygen atoms in total. The molecule has 1 aliphatic carbocycles. The van der Waals surface area contributed by atoms with Gasteiger partial charge in [-0.25, -0.2) is 0 Å². The first kappa shape index (κ1) is 20.6. The number of nitrogens with one attached hydrogen (secondary N) is 2. The molecular weight excluding hydrogens is 450 g/mol. The summed E-state index contributed by atoms with van der Waals surface area (Å²) in [6.07, 6.45) is 4.34. The maximum Gasteiger partial charge on any atom is 0.268 e. The molecular formula is C22H22BrN3O4. The summed E-state index contributed by atoms with van der Waals surface area (Å²) in [6, 6.07) is 8.69. The Morgan fingerprint density at radius 3 is 2.70 bits per heavy atom. The van der Waals surface area contributed by atoms with E-state index in [1.807, 2.05) is 24.3 Å². The second-order valence-corrected chi connectivity index (χ2v) is 8.45. The Kier molecular flexibility index (Phi) is 5.87. The Hall–Kier alpha value is -2.71. The third kappa shape index (κ3) is 4.11. The number of carbonyl (C=O) groups excluding carboxylic acids is 2. The van der Waals surface area contributed by atoms with E-state index in [9.17, 15) is 14.7 Å². The van der Waals surface area contributed by atoms with Crippen LogP contribution in [0.5, 0.6) is 0 Å². The van der Waals surface area contributed by atoms with Gasteiger partial charge in [-0.3, -0.25) is 9.59 Å². The molecule has 1 saturated carbocycles. The van der Waals surface area contributed by atoms with Crippen LogP contribution in [0.15, 0.2) is 45.5 Å². The summed E-state index contributed by atoms with van der Waals surface area (Å²) in [5, 5.41) is 17.0. The number of carbonyl (C=O) groups is 2. The molecule has 2 heterocycles. The minimum absolute atomic E-state index is 0.266. The van der Waals surface area contributed by atoms with Crippen molar-refractivity contribution >= 4 is 27.6 Å². The van der Waals surface area contributed by atoms with Crippen LogP contribution in [0, 0.1) is 6.92 Å². The molecule has 1 amide bonds. The number of ketones is 1. The molecule has 0 spiro atoms. The smallest absolute Gasteiger partial charge is 0.268 e. The molecule has 8 heteroatoms. The van der Waals surface area contributed by atoms with E-state index in [2.05, 4.69) is 31.4 Å². The summed E-state index contributed by atoms with van der Waals surface area (Å²) in [4.78, 5) is 28.6. The number of hydrogen-bond acceptors (Lipinski definition) is 5. The number of nitrogens with zero attached hydrogens (tertiary/aromatic N) is 1. The minimum Gasteiger partial charge on any atom is -0.391 e. The van der Waals surface area contributed by atoms with Gasteiger partial charge in [0.2, 0.25) is 0 Å². The van der Waals surface area contributed by atoms with Crippen molar-refractivity contribution in [2.75, 3.05) is 0 Å². The fourth-order valence-corrected chi connectivity index (χ4v) is 4.04. The van der Waals surface area contributed by atoms with Gasteiger partial charge in [-0.15, -0.1) is 0 Å². The Labute approximate surface area is 182 Å². The highest BCUT2D eigenvalue weighted by atomic mass is 79.9. The second kappa shape index (κ2) is 8.57. The molecule has 2 aromatic heterocycles. The zero-order valence-electron chi connectivity index (χ0n) is 16.4. The quantitative estimate of drug-likeness (QED) is 0.487. The predicted molar refractivity (Wildman–Crippen MR) is 114 cm³/mol. The van der Waals surface area contributed by atoms with Crippen LogP contribution in [0.4, 0.5) is 0 Å². The number of halogens is 1. The lowest BCUT2D eigenvalue weighted by molar-refractivity contribution is 0.0714. The van der Waals surface area contributed by atoms with Gasteiger partial charge in [-0.2, -0.15) is 0 Å². The van der Waals surface area contributed by atoms with E-state index in [-0.39, 0.29) is 23.4 Å². The lowest BCUT2D eigenvalue weighted by Gasteiger charge is -2.28. The van der Waals surface area contributed by atoms with Crippen molar-refractivity contribution in [1.29, 1.82) is 0 Å². The lowest BCUT2D eigenvalue weighted by atomic mass is 9.92. The van der Waals surface area contributed by atoms with Gasteiger partial charge in [-0.05, 0) is 38.0 Å². The summed E-state index contributed by atoms with van der Waals surface area (Å²) >= 11 is 3.39. The molecule has 0 aliphatic heterocycles. The Bertz CT molecular complexity index is 1070. The van der Waals surface area contributed by atoms with Gasteiger partial charge in [-0.1, -0.05) is 46.1 Å². The summed E-state index contributed by atoms with van der Waals surface area (Å²) in [5.41, 5.74) is 2.20. The van der Waals surface area contributed by atoms with Gasteiger partial charge in [0.1, 0.15) is 17.1 Å². The maximum atomic E-state index is 13.2. The van der Waals surface area contributed by atoms with Crippen LogP contribution in [-0.4, -0.2) is 39.1 Å². The van der Waals surface area contributed by atoms with E-state index < -0.39 is 6.10 Å². The number of amides is 1. The number of aliphatic hydroxyl groups is 1. The average molecular weight is 472 g/mol. The molecule has 0 radical (unpaired) electrons. The first-order valence-corrected chi connectivity index (χ1v) is 10.7. The van der Waals surface area contributed by atoms with Gasteiger partial charge in [0.15, 0.2) is 5.78 Å². The van der Waals surface area contributed by atoms with Crippen LogP contribution >= 0.6 is 15.9 Å². The molecule has 30 heavy (non-hydrogen) atoms. The third-order valence-electron chi connectivity index (χ3n) is 5.44. The van der Waals surface area contributed by atoms with Crippen molar-refractivity contribution in [1.82, 2.24) is 15.5 Å². The van der Waals surface area contributed by atoms with E-state index in [4.69, 9.17) is 4.52 Å². The molecule has 0 unspecified atom stereocenters. The maximum absolute atomic E-state index is 13.2. The highest BCUT2D eigenvalue weighted by Gasteiger charge is 2.27. The molecule has 4 rings (SSSR count). The molecule has 1 fully saturated rings. The standard InChI is InChI=1S/C22H22BrN3O4/c1-12-19(20(26-30-12)13-6-8-15(23)9-7-13)21(28)14-10-17(24-11-14)22(29)25-16-4-2-3-5-18(16)27/h6-11,16,18,24,27H,2-5H2,1H3,(H,25,29)/t16-,18-/m0/s1. The number of aliphatic hydroxyl groups excluding tert-OH is 1. The normalized spacial score (nSPS) is 18.9. The highest BCUT2D eigenvalue weighted by molar-refractivity contribution is 9.10. The Morgan fingerprint density at radius 1 is 1.23 bits per heavy atom. The molecule has 156 valence electrons. The summed E-state index contributed by atoms with van der Waals surface area (Å²) in [6.45, 7) is 1.69. The molecule has 1 aromatic carbocycles. The molecule has 0 bridgehead atoms. The largest absolute Gasteiger partial charge is 0.391 e. The minimum atomic E-state index is -0.535. The van der Waals surface area contributed by atoms with Crippen molar-refractivity contribution in [2.24, 2.45) is 0 Å². The molecule has 3 N–H and O–H groups in total. The number of rotatable bonds is 5. The van der Waals surface area contributed by atoms with E-state index in [1.165, 1.54) is 12.3 Å². The SMILES string of the molecule is Cc1onc(-c2ccc(Br)cc2)c1C(=O)c1c[nH]c(C(=O)N[C@H]2CCCC[C@@H]2O)c1. The molecule has 3 aromatic rings. The number of hydrogen-bond donors (Lipinski definition) is 3. The Balaban J connectivity index is 1.55. The van der Waals surface area contributed by atoms with Gasteiger partial charge in [0.05, 0.1) is 17.7 Å². The third-order valence-corrected chi connectivity index (χ3v) is 5.97. The monoisotopic (exact) mass is 471 g/mol. The van der Waals surface area contributed by atoms with Crippen LogP contribution < -0.4 is 5.32 Å². The van der Waals surface area contributed by atoms with E-state index in [1.54, 1.807) is 6.92 Å². The average Bonchev–Trinajstić information content (AvgIpc) is 3.37. The van der Waals surface area contributed by atoms with Gasteiger partial charge in [0, 0.05) is 21.8 Å². The lowest BCUT2D eigenvalue weighted by Crippen LogP contribution is -2.45. The zero-order valence-corrected chi connectivity index (χ0v) is 18.0. The molecule has 0 saturated heterocycles. The summed E-state index contributed by atoms with van der Waals surface area (Å²) in [7, 11) is 0. The molecule has 1 aliphatic rings. The highest BCUT2D eigenvalue weighted by Crippen LogP contribution is 2.29. The van der Waals surface area contributed by atoms with Gasteiger partial charge < -0.3 is 19.9 Å².